The number of benzene rings is 1. The van der Waals surface area contributed by atoms with Crippen LogP contribution in [0.5, 0.6) is 0 Å². The third kappa shape index (κ3) is 4.32. The summed E-state index contributed by atoms with van der Waals surface area (Å²) >= 11 is 6.27. The predicted octanol–water partition coefficient (Wildman–Crippen LogP) is 3.24. The van der Waals surface area contributed by atoms with E-state index in [-0.39, 0.29) is 6.10 Å². The Balaban J connectivity index is 2.02. The van der Waals surface area contributed by atoms with Crippen molar-refractivity contribution in [3.63, 3.8) is 0 Å². The number of hydrogen-bond acceptors (Lipinski definition) is 3. The Morgan fingerprint density at radius 1 is 1.32 bits per heavy atom. The first kappa shape index (κ1) is 17.0. The van der Waals surface area contributed by atoms with E-state index in [9.17, 15) is 5.11 Å². The van der Waals surface area contributed by atoms with Crippen LogP contribution in [0.25, 0.3) is 11.3 Å². The molecule has 4 nitrogen and oxygen atoms in total. The van der Waals surface area contributed by atoms with Gasteiger partial charge in [0.15, 0.2) is 0 Å². The van der Waals surface area contributed by atoms with Gasteiger partial charge in [-0.1, -0.05) is 43.6 Å². The maximum absolute atomic E-state index is 9.82. The fourth-order valence-electron chi connectivity index (χ4n) is 2.35. The van der Waals surface area contributed by atoms with E-state index in [4.69, 9.17) is 11.6 Å². The molecule has 1 atom stereocenters. The molecule has 0 saturated heterocycles. The van der Waals surface area contributed by atoms with Gasteiger partial charge in [0.1, 0.15) is 0 Å². The van der Waals surface area contributed by atoms with Crippen LogP contribution in [0.2, 0.25) is 5.02 Å². The zero-order valence-corrected chi connectivity index (χ0v) is 14.1. The molecule has 1 heterocycles. The quantitative estimate of drug-likeness (QED) is 0.770. The number of aliphatic hydroxyl groups is 1. The van der Waals surface area contributed by atoms with Crippen LogP contribution in [-0.4, -0.2) is 27.5 Å². The van der Waals surface area contributed by atoms with E-state index in [1.54, 1.807) is 4.68 Å². The average molecular weight is 322 g/mol. The highest BCUT2D eigenvalue weighted by Crippen LogP contribution is 2.28. The van der Waals surface area contributed by atoms with Gasteiger partial charge in [0.2, 0.25) is 0 Å². The predicted molar refractivity (Wildman–Crippen MR) is 90.8 cm³/mol. The van der Waals surface area contributed by atoms with E-state index >= 15 is 0 Å². The second-order valence-corrected chi connectivity index (χ2v) is 6.34. The second kappa shape index (κ2) is 7.77. The minimum absolute atomic E-state index is 0.260. The van der Waals surface area contributed by atoms with E-state index in [1.807, 2.05) is 51.4 Å². The van der Waals surface area contributed by atoms with Crippen molar-refractivity contribution in [1.29, 1.82) is 0 Å². The van der Waals surface area contributed by atoms with Crippen LogP contribution in [0.3, 0.4) is 0 Å². The Labute approximate surface area is 137 Å². The van der Waals surface area contributed by atoms with Crippen LogP contribution in [0.1, 0.15) is 25.8 Å². The molecule has 0 bridgehead atoms. The number of nitrogens with one attached hydrogen (secondary N) is 1. The number of aryl methyl sites for hydroxylation is 1. The lowest BCUT2D eigenvalue weighted by Gasteiger charge is -2.14. The largest absolute Gasteiger partial charge is 0.393 e. The Morgan fingerprint density at radius 3 is 2.73 bits per heavy atom. The molecule has 0 spiro atoms. The van der Waals surface area contributed by atoms with Gasteiger partial charge in [0.25, 0.3) is 0 Å². The number of rotatable bonds is 7. The molecule has 0 amide bonds. The first-order chi connectivity index (χ1) is 10.5. The smallest absolute Gasteiger partial charge is 0.0982 e. The van der Waals surface area contributed by atoms with Crippen LogP contribution in [-0.2, 0) is 13.6 Å². The summed E-state index contributed by atoms with van der Waals surface area (Å²) in [4.78, 5) is 0. The summed E-state index contributed by atoms with van der Waals surface area (Å²) in [6.07, 6.45) is 2.49. The standard InChI is InChI=1S/C17H24ClN3O/c1-12(2)16(22)8-9-19-10-13-11-21(3)20-17(13)14-6-4-5-7-15(14)18/h4-7,11-12,16,19,22H,8-10H2,1-3H3. The zero-order valence-electron chi connectivity index (χ0n) is 13.4. The number of aliphatic hydroxyl groups excluding tert-OH is 1. The van der Waals surface area contributed by atoms with E-state index < -0.39 is 0 Å². The molecule has 0 radical (unpaired) electrons. The lowest BCUT2D eigenvalue weighted by Crippen LogP contribution is -2.23. The average Bonchev–Trinajstić information content (AvgIpc) is 2.84. The van der Waals surface area contributed by atoms with Gasteiger partial charge in [-0.2, -0.15) is 5.10 Å². The highest BCUT2D eigenvalue weighted by molar-refractivity contribution is 6.33. The minimum Gasteiger partial charge on any atom is -0.393 e. The minimum atomic E-state index is -0.260. The van der Waals surface area contributed by atoms with Gasteiger partial charge >= 0.3 is 0 Å². The van der Waals surface area contributed by atoms with E-state index in [2.05, 4.69) is 10.4 Å². The van der Waals surface area contributed by atoms with Crippen molar-refractivity contribution < 1.29 is 5.11 Å². The number of halogens is 1. The van der Waals surface area contributed by atoms with Gasteiger partial charge in [-0.25, -0.2) is 0 Å². The van der Waals surface area contributed by atoms with Crippen LogP contribution in [0, 0.1) is 5.92 Å². The maximum Gasteiger partial charge on any atom is 0.0982 e. The van der Waals surface area contributed by atoms with Crippen molar-refractivity contribution in [3.8, 4) is 11.3 Å². The van der Waals surface area contributed by atoms with Crippen molar-refractivity contribution in [3.05, 3.63) is 41.0 Å². The van der Waals surface area contributed by atoms with Crippen LogP contribution in [0.4, 0.5) is 0 Å². The number of nitrogens with zero attached hydrogens (tertiary/aromatic N) is 2. The molecule has 0 aliphatic carbocycles. The van der Waals surface area contributed by atoms with Crippen molar-refractivity contribution in [2.24, 2.45) is 13.0 Å². The molecule has 0 fully saturated rings. The fourth-order valence-corrected chi connectivity index (χ4v) is 2.58. The van der Waals surface area contributed by atoms with Crippen molar-refractivity contribution in [2.75, 3.05) is 6.54 Å². The molecule has 0 aliphatic rings. The Morgan fingerprint density at radius 2 is 2.05 bits per heavy atom. The molecule has 0 saturated carbocycles. The normalized spacial score (nSPS) is 12.8. The summed E-state index contributed by atoms with van der Waals surface area (Å²) in [5.41, 5.74) is 2.96. The number of aromatic nitrogens is 2. The van der Waals surface area contributed by atoms with Crippen LogP contribution in [0.15, 0.2) is 30.5 Å². The molecule has 1 unspecified atom stereocenters. The van der Waals surface area contributed by atoms with Crippen molar-refractivity contribution in [1.82, 2.24) is 15.1 Å². The molecule has 2 rings (SSSR count). The van der Waals surface area contributed by atoms with E-state index in [1.165, 1.54) is 0 Å². The topological polar surface area (TPSA) is 50.1 Å². The van der Waals surface area contributed by atoms with Gasteiger partial charge in [-0.05, 0) is 24.9 Å². The SMILES string of the molecule is CC(C)C(O)CCNCc1cn(C)nc1-c1ccccc1Cl. The molecule has 120 valence electrons. The van der Waals surface area contributed by atoms with Gasteiger partial charge < -0.3 is 10.4 Å². The second-order valence-electron chi connectivity index (χ2n) is 5.93. The van der Waals surface area contributed by atoms with Gasteiger partial charge in [0, 0.05) is 30.9 Å². The first-order valence-corrected chi connectivity index (χ1v) is 8.03. The molecule has 0 aliphatic heterocycles. The number of hydrogen-bond donors (Lipinski definition) is 2. The first-order valence-electron chi connectivity index (χ1n) is 7.65. The summed E-state index contributed by atoms with van der Waals surface area (Å²) in [6.45, 7) is 5.54. The van der Waals surface area contributed by atoms with Crippen LogP contribution < -0.4 is 5.32 Å². The molecular formula is C17H24ClN3O. The molecule has 1 aromatic heterocycles. The summed E-state index contributed by atoms with van der Waals surface area (Å²) in [5, 5.41) is 18.4. The van der Waals surface area contributed by atoms with Gasteiger partial charge in [-0.15, -0.1) is 0 Å². The van der Waals surface area contributed by atoms with Crippen LogP contribution >= 0.6 is 11.6 Å². The van der Waals surface area contributed by atoms with Gasteiger partial charge in [0.05, 0.1) is 16.8 Å². The highest BCUT2D eigenvalue weighted by atomic mass is 35.5. The molecular weight excluding hydrogens is 298 g/mol. The zero-order chi connectivity index (χ0) is 16.1. The lowest BCUT2D eigenvalue weighted by molar-refractivity contribution is 0.116. The summed E-state index contributed by atoms with van der Waals surface area (Å²) in [7, 11) is 1.91. The molecule has 1 aromatic carbocycles. The van der Waals surface area contributed by atoms with Crippen molar-refractivity contribution in [2.45, 2.75) is 32.9 Å². The molecule has 2 N–H and O–H groups in total. The lowest BCUT2D eigenvalue weighted by atomic mass is 10.0. The van der Waals surface area contributed by atoms with E-state index in [0.29, 0.717) is 17.5 Å². The van der Waals surface area contributed by atoms with Crippen molar-refractivity contribution >= 4 is 11.6 Å². The van der Waals surface area contributed by atoms with Gasteiger partial charge in [-0.3, -0.25) is 4.68 Å². The summed E-state index contributed by atoms with van der Waals surface area (Å²) in [6, 6.07) is 7.74. The highest BCUT2D eigenvalue weighted by Gasteiger charge is 2.13. The maximum atomic E-state index is 9.82. The summed E-state index contributed by atoms with van der Waals surface area (Å²) in [5.74, 6) is 0.291. The fraction of sp³-hybridized carbons (Fsp3) is 0.471. The molecule has 2 aromatic rings. The Kier molecular flexibility index (Phi) is 6.00. The summed E-state index contributed by atoms with van der Waals surface area (Å²) < 4.78 is 1.80. The third-order valence-corrected chi connectivity index (χ3v) is 4.07. The van der Waals surface area contributed by atoms with E-state index in [0.717, 1.165) is 29.8 Å². The molecule has 5 heteroatoms. The Bertz CT molecular complexity index is 610. The third-order valence-electron chi connectivity index (χ3n) is 3.74. The molecule has 22 heavy (non-hydrogen) atoms. The Hall–Kier alpha value is -1.36. The monoisotopic (exact) mass is 321 g/mol.